The zero-order valence-corrected chi connectivity index (χ0v) is 11.6. The number of phenols is 1. The Hall–Kier alpha value is -1.87. The number of phenolic OH excluding ortho intramolecular Hbond substituents is 1. The summed E-state index contributed by atoms with van der Waals surface area (Å²) in [4.78, 5) is 0. The van der Waals surface area contributed by atoms with Gasteiger partial charge >= 0.3 is 0 Å². The Labute approximate surface area is 119 Å². The maximum atomic E-state index is 13.7. The molecule has 0 aliphatic carbocycles. The van der Waals surface area contributed by atoms with Crippen molar-refractivity contribution in [3.05, 3.63) is 65.5 Å². The van der Waals surface area contributed by atoms with Gasteiger partial charge in [-0.2, -0.15) is 0 Å². The minimum absolute atomic E-state index is 0.152. The topological polar surface area (TPSA) is 32.3 Å². The van der Waals surface area contributed by atoms with E-state index in [2.05, 4.69) is 5.32 Å². The molecular weight excluding hydrogens is 253 g/mol. The van der Waals surface area contributed by atoms with Crippen LogP contribution in [-0.4, -0.2) is 17.7 Å². The fourth-order valence-electron chi connectivity index (χ4n) is 2.35. The Balaban J connectivity index is 2.07. The van der Waals surface area contributed by atoms with Gasteiger partial charge in [0.2, 0.25) is 0 Å². The lowest BCUT2D eigenvalue weighted by atomic mass is 9.98. The molecule has 2 N–H and O–H groups in total. The number of nitrogens with one attached hydrogen (secondary N) is 1. The van der Waals surface area contributed by atoms with Crippen LogP contribution in [0.2, 0.25) is 0 Å². The summed E-state index contributed by atoms with van der Waals surface area (Å²) in [5.74, 6) is 0.115. The van der Waals surface area contributed by atoms with E-state index in [4.69, 9.17) is 0 Å². The number of benzene rings is 2. The zero-order valence-electron chi connectivity index (χ0n) is 11.6. The van der Waals surface area contributed by atoms with E-state index in [-0.39, 0.29) is 17.6 Å². The molecule has 0 aliphatic rings. The molecule has 0 saturated heterocycles. The summed E-state index contributed by atoms with van der Waals surface area (Å²) in [5.41, 5.74) is 1.86. The minimum Gasteiger partial charge on any atom is -0.508 e. The van der Waals surface area contributed by atoms with Crippen LogP contribution in [0.15, 0.2) is 48.5 Å². The van der Waals surface area contributed by atoms with Gasteiger partial charge in [0.1, 0.15) is 11.6 Å². The van der Waals surface area contributed by atoms with Crippen LogP contribution >= 0.6 is 0 Å². The molecule has 0 spiro atoms. The highest BCUT2D eigenvalue weighted by Gasteiger charge is 2.12. The van der Waals surface area contributed by atoms with Gasteiger partial charge < -0.3 is 10.4 Å². The largest absolute Gasteiger partial charge is 0.508 e. The van der Waals surface area contributed by atoms with E-state index < -0.39 is 0 Å². The summed E-state index contributed by atoms with van der Waals surface area (Å²) in [7, 11) is 0. The van der Waals surface area contributed by atoms with Crippen molar-refractivity contribution in [2.45, 2.75) is 25.8 Å². The average Bonchev–Trinajstić information content (AvgIpc) is 2.44. The normalized spacial score (nSPS) is 12.3. The van der Waals surface area contributed by atoms with Gasteiger partial charge in [0.05, 0.1) is 0 Å². The maximum Gasteiger partial charge on any atom is 0.126 e. The highest BCUT2D eigenvalue weighted by atomic mass is 19.1. The molecule has 1 unspecified atom stereocenters. The van der Waals surface area contributed by atoms with Crippen LogP contribution < -0.4 is 5.32 Å². The van der Waals surface area contributed by atoms with Crippen LogP contribution in [0.5, 0.6) is 5.75 Å². The van der Waals surface area contributed by atoms with Gasteiger partial charge in [0.25, 0.3) is 0 Å². The second kappa shape index (κ2) is 7.06. The monoisotopic (exact) mass is 273 g/mol. The first-order valence-electron chi connectivity index (χ1n) is 6.93. The zero-order chi connectivity index (χ0) is 14.4. The third kappa shape index (κ3) is 4.07. The van der Waals surface area contributed by atoms with Gasteiger partial charge in [-0.3, -0.25) is 0 Å². The van der Waals surface area contributed by atoms with E-state index in [1.54, 1.807) is 18.2 Å². The molecule has 1 atom stereocenters. The molecule has 2 aromatic carbocycles. The fraction of sp³-hybridized carbons (Fsp3) is 0.294. The average molecular weight is 273 g/mol. The molecule has 0 aliphatic heterocycles. The lowest BCUT2D eigenvalue weighted by Gasteiger charge is -2.18. The standard InChI is InChI=1S/C17H20FNO/c1-2-19-15(11-13-7-9-16(20)10-8-13)12-14-5-3-4-6-17(14)18/h3-10,15,19-20H,2,11-12H2,1H3. The van der Waals surface area contributed by atoms with Crippen LogP contribution in [0.25, 0.3) is 0 Å². The fourth-order valence-corrected chi connectivity index (χ4v) is 2.35. The molecule has 0 aromatic heterocycles. The summed E-state index contributed by atoms with van der Waals surface area (Å²) in [6, 6.07) is 14.3. The predicted molar refractivity (Wildman–Crippen MR) is 79.4 cm³/mol. The van der Waals surface area contributed by atoms with Crippen molar-refractivity contribution < 1.29 is 9.50 Å². The molecule has 3 heteroatoms. The molecule has 0 amide bonds. The number of rotatable bonds is 6. The second-order valence-corrected chi connectivity index (χ2v) is 4.92. The first kappa shape index (κ1) is 14.5. The summed E-state index contributed by atoms with van der Waals surface area (Å²) >= 11 is 0. The lowest BCUT2D eigenvalue weighted by Crippen LogP contribution is -2.33. The van der Waals surface area contributed by atoms with Gasteiger partial charge in [-0.1, -0.05) is 37.3 Å². The smallest absolute Gasteiger partial charge is 0.126 e. The molecule has 2 rings (SSSR count). The van der Waals surface area contributed by atoms with E-state index >= 15 is 0 Å². The van der Waals surface area contributed by atoms with Gasteiger partial charge in [-0.15, -0.1) is 0 Å². The van der Waals surface area contributed by atoms with Crippen LogP contribution in [0.4, 0.5) is 4.39 Å². The van der Waals surface area contributed by atoms with Crippen LogP contribution in [0.1, 0.15) is 18.1 Å². The highest BCUT2D eigenvalue weighted by Crippen LogP contribution is 2.15. The van der Waals surface area contributed by atoms with Gasteiger partial charge in [0, 0.05) is 6.04 Å². The molecule has 0 bridgehead atoms. The van der Waals surface area contributed by atoms with Crippen LogP contribution in [-0.2, 0) is 12.8 Å². The number of aromatic hydroxyl groups is 1. The molecule has 0 radical (unpaired) electrons. The Morgan fingerprint density at radius 1 is 1.05 bits per heavy atom. The molecule has 2 nitrogen and oxygen atoms in total. The van der Waals surface area contributed by atoms with Gasteiger partial charge in [-0.05, 0) is 48.7 Å². The first-order chi connectivity index (χ1) is 9.69. The Morgan fingerprint density at radius 2 is 1.75 bits per heavy atom. The Bertz CT molecular complexity index is 539. The molecule has 0 fully saturated rings. The Kier molecular flexibility index (Phi) is 5.13. The second-order valence-electron chi connectivity index (χ2n) is 4.92. The lowest BCUT2D eigenvalue weighted by molar-refractivity contribution is 0.474. The summed E-state index contributed by atoms with van der Waals surface area (Å²) in [5, 5.41) is 12.7. The number of likely N-dealkylation sites (N-methyl/N-ethyl adjacent to an activating group) is 1. The van der Waals surface area contributed by atoms with Crippen molar-refractivity contribution in [2.24, 2.45) is 0 Å². The molecule has 0 saturated carbocycles. The van der Waals surface area contributed by atoms with Crippen LogP contribution in [0.3, 0.4) is 0 Å². The number of hydrogen-bond acceptors (Lipinski definition) is 2. The third-order valence-corrected chi connectivity index (χ3v) is 3.34. The van der Waals surface area contributed by atoms with E-state index in [0.717, 1.165) is 24.1 Å². The summed E-state index contributed by atoms with van der Waals surface area (Å²) < 4.78 is 13.7. The minimum atomic E-state index is -0.152. The van der Waals surface area contributed by atoms with Crippen molar-refractivity contribution in [1.29, 1.82) is 0 Å². The van der Waals surface area contributed by atoms with E-state index in [1.807, 2.05) is 31.2 Å². The van der Waals surface area contributed by atoms with E-state index in [0.29, 0.717) is 6.42 Å². The van der Waals surface area contributed by atoms with Crippen LogP contribution in [0, 0.1) is 5.82 Å². The third-order valence-electron chi connectivity index (χ3n) is 3.34. The SMILES string of the molecule is CCNC(Cc1ccc(O)cc1)Cc1ccccc1F. The number of hydrogen-bond donors (Lipinski definition) is 2. The van der Waals surface area contributed by atoms with E-state index in [9.17, 15) is 9.50 Å². The Morgan fingerprint density at radius 3 is 2.40 bits per heavy atom. The highest BCUT2D eigenvalue weighted by molar-refractivity contribution is 5.27. The van der Waals surface area contributed by atoms with Crippen molar-refractivity contribution in [1.82, 2.24) is 5.32 Å². The summed E-state index contributed by atoms with van der Waals surface area (Å²) in [6.45, 7) is 2.89. The van der Waals surface area contributed by atoms with Crippen molar-refractivity contribution in [2.75, 3.05) is 6.54 Å². The number of halogens is 1. The molecule has 0 heterocycles. The van der Waals surface area contributed by atoms with Crippen molar-refractivity contribution >= 4 is 0 Å². The first-order valence-corrected chi connectivity index (χ1v) is 6.93. The van der Waals surface area contributed by atoms with Crippen molar-refractivity contribution in [3.8, 4) is 5.75 Å². The van der Waals surface area contributed by atoms with Crippen molar-refractivity contribution in [3.63, 3.8) is 0 Å². The van der Waals surface area contributed by atoms with E-state index in [1.165, 1.54) is 6.07 Å². The van der Waals surface area contributed by atoms with Gasteiger partial charge in [-0.25, -0.2) is 4.39 Å². The quantitative estimate of drug-likeness (QED) is 0.846. The summed E-state index contributed by atoms with van der Waals surface area (Å²) in [6.07, 6.45) is 1.46. The van der Waals surface area contributed by atoms with Gasteiger partial charge in [0.15, 0.2) is 0 Å². The molecule has 106 valence electrons. The molecular formula is C17H20FNO. The molecule has 20 heavy (non-hydrogen) atoms. The maximum absolute atomic E-state index is 13.7. The molecule has 2 aromatic rings. The predicted octanol–water partition coefficient (Wildman–Crippen LogP) is 3.29.